The van der Waals surface area contributed by atoms with Crippen molar-refractivity contribution in [3.05, 3.63) is 0 Å². The molecule has 0 radical (unpaired) electrons. The van der Waals surface area contributed by atoms with Crippen molar-refractivity contribution in [3.8, 4) is 0 Å². The van der Waals surface area contributed by atoms with E-state index in [0.717, 1.165) is 0 Å². The van der Waals surface area contributed by atoms with Gasteiger partial charge in [-0.15, -0.1) is 0 Å². The van der Waals surface area contributed by atoms with Gasteiger partial charge in [0.25, 0.3) is 0 Å². The molecule has 0 spiro atoms. The number of hydrogen-bond acceptors (Lipinski definition) is 3. The first kappa shape index (κ1) is 11.3. The van der Waals surface area contributed by atoms with Gasteiger partial charge in [-0.05, 0) is 0 Å². The Balaban J connectivity index is 4.53. The molecule has 0 aliphatic heterocycles. The molecule has 0 aliphatic rings. The van der Waals surface area contributed by atoms with E-state index in [2.05, 4.69) is 63.0 Å². The molecular weight excluding hydrogens is 157 g/mol. The predicted molar refractivity (Wildman–Crippen MR) is 55.3 cm³/mol. The Morgan fingerprint density at radius 2 is 0.818 bits per heavy atom. The Kier molecular flexibility index (Phi) is 3.92. The van der Waals surface area contributed by atoms with Gasteiger partial charge in [-0.1, -0.05) is 0 Å². The van der Waals surface area contributed by atoms with Gasteiger partial charge in [0.05, 0.1) is 0 Å². The van der Waals surface area contributed by atoms with Crippen LogP contribution in [-0.4, -0.2) is 63.0 Å². The third-order valence-electron chi connectivity index (χ3n) is 2.54. The maximum absolute atomic E-state index is 2.33. The van der Waals surface area contributed by atoms with Crippen molar-refractivity contribution >= 4 is 7.71 Å². The van der Waals surface area contributed by atoms with Crippen LogP contribution in [0, 0.1) is 0 Å². The summed E-state index contributed by atoms with van der Waals surface area (Å²) in [6.45, 7) is 2.33. The van der Waals surface area contributed by atoms with E-state index in [9.17, 15) is 0 Å². The first-order valence-electron chi connectivity index (χ1n) is 3.85. The van der Waals surface area contributed by atoms with Crippen LogP contribution in [0.3, 0.4) is 0 Å². The third kappa shape index (κ3) is 2.12. The van der Waals surface area contributed by atoms with Crippen molar-refractivity contribution < 1.29 is 0 Å². The van der Waals surface area contributed by atoms with Gasteiger partial charge in [0.2, 0.25) is 0 Å². The van der Waals surface area contributed by atoms with E-state index < -0.39 is 7.71 Å². The van der Waals surface area contributed by atoms with Crippen molar-refractivity contribution in [2.45, 2.75) is 0 Å². The summed E-state index contributed by atoms with van der Waals surface area (Å²) < 4.78 is 6.98. The van der Waals surface area contributed by atoms with Crippen LogP contribution in [0.5, 0.6) is 0 Å². The Morgan fingerprint density at radius 1 is 0.636 bits per heavy atom. The summed E-state index contributed by atoms with van der Waals surface area (Å²) in [7, 11) is 11.4. The average molecular weight is 179 g/mol. The molecule has 0 unspecified atom stereocenters. The molecule has 0 amide bonds. The second-order valence-electron chi connectivity index (χ2n) is 3.65. The van der Waals surface area contributed by atoms with Crippen molar-refractivity contribution in [1.29, 1.82) is 0 Å². The van der Waals surface area contributed by atoms with Crippen LogP contribution in [-0.2, 0) is 0 Å². The standard InChI is InChI=1S/C7H22N3P/c1-8(2)11(7,9(3)4)10(5)6/h11H,1-7H3. The summed E-state index contributed by atoms with van der Waals surface area (Å²) >= 11 is 0. The maximum atomic E-state index is 2.33. The van der Waals surface area contributed by atoms with E-state index in [1.54, 1.807) is 0 Å². The topological polar surface area (TPSA) is 9.72 Å². The van der Waals surface area contributed by atoms with Gasteiger partial charge in [0.15, 0.2) is 0 Å². The van der Waals surface area contributed by atoms with Crippen LogP contribution in [0.15, 0.2) is 0 Å². The quantitative estimate of drug-likeness (QED) is 0.593. The summed E-state index contributed by atoms with van der Waals surface area (Å²) in [4.78, 5) is 0. The summed E-state index contributed by atoms with van der Waals surface area (Å²) in [6, 6.07) is 0. The van der Waals surface area contributed by atoms with Crippen LogP contribution < -0.4 is 0 Å². The molecule has 11 heavy (non-hydrogen) atoms. The van der Waals surface area contributed by atoms with Crippen LogP contribution in [0.25, 0.3) is 0 Å². The van der Waals surface area contributed by atoms with E-state index >= 15 is 0 Å². The molecule has 0 aliphatic carbocycles. The van der Waals surface area contributed by atoms with E-state index in [1.165, 1.54) is 0 Å². The summed E-state index contributed by atoms with van der Waals surface area (Å²) in [5, 5.41) is 0. The number of nitrogens with zero attached hydrogens (tertiary/aromatic N) is 3. The van der Waals surface area contributed by atoms with Crippen molar-refractivity contribution in [1.82, 2.24) is 14.0 Å². The molecule has 0 aromatic rings. The molecule has 0 saturated carbocycles. The van der Waals surface area contributed by atoms with E-state index in [4.69, 9.17) is 0 Å². The fourth-order valence-electron chi connectivity index (χ4n) is 1.20. The van der Waals surface area contributed by atoms with Crippen LogP contribution in [0.2, 0.25) is 0 Å². The van der Waals surface area contributed by atoms with Gasteiger partial charge in [-0.3, -0.25) is 0 Å². The zero-order valence-electron chi connectivity index (χ0n) is 8.84. The van der Waals surface area contributed by atoms with Crippen LogP contribution in [0.4, 0.5) is 0 Å². The zero-order valence-corrected chi connectivity index (χ0v) is 9.84. The first-order valence-corrected chi connectivity index (χ1v) is 6.20. The molecule has 0 bridgehead atoms. The Morgan fingerprint density at radius 3 is 0.818 bits per heavy atom. The molecule has 0 aromatic carbocycles. The summed E-state index contributed by atoms with van der Waals surface area (Å²) in [6.07, 6.45) is 0. The minimum atomic E-state index is -1.48. The second-order valence-corrected chi connectivity index (χ2v) is 8.28. The molecule has 0 N–H and O–H groups in total. The van der Waals surface area contributed by atoms with Gasteiger partial charge in [0.1, 0.15) is 0 Å². The number of rotatable bonds is 3. The number of hydrogen-bond donors (Lipinski definition) is 0. The second kappa shape index (κ2) is 3.81. The van der Waals surface area contributed by atoms with Crippen LogP contribution >= 0.6 is 7.71 Å². The van der Waals surface area contributed by atoms with Crippen molar-refractivity contribution in [3.63, 3.8) is 0 Å². The van der Waals surface area contributed by atoms with E-state index in [0.29, 0.717) is 0 Å². The molecule has 0 fully saturated rings. The Bertz CT molecular complexity index is 101. The van der Waals surface area contributed by atoms with Gasteiger partial charge < -0.3 is 0 Å². The fraction of sp³-hybridized carbons (Fsp3) is 1.00. The van der Waals surface area contributed by atoms with Crippen molar-refractivity contribution in [2.24, 2.45) is 0 Å². The van der Waals surface area contributed by atoms with E-state index in [1.807, 2.05) is 0 Å². The van der Waals surface area contributed by atoms with Gasteiger partial charge in [-0.25, -0.2) is 0 Å². The average Bonchev–Trinajstić information content (AvgIpc) is 1.84. The van der Waals surface area contributed by atoms with Crippen LogP contribution in [0.1, 0.15) is 0 Å². The third-order valence-corrected chi connectivity index (χ3v) is 7.62. The molecule has 0 atom stereocenters. The van der Waals surface area contributed by atoms with Gasteiger partial charge in [0, 0.05) is 0 Å². The summed E-state index contributed by atoms with van der Waals surface area (Å²) in [5.74, 6) is 0. The molecule has 70 valence electrons. The normalized spacial score (nSPS) is 15.1. The zero-order chi connectivity index (χ0) is 9.23. The Labute approximate surface area is 71.5 Å². The molecule has 0 heterocycles. The Hall–Kier alpha value is 0.310. The SMILES string of the molecule is CN(C)[PH](C)(N(C)C)N(C)C. The molecule has 0 rings (SSSR count). The molecule has 3 nitrogen and oxygen atoms in total. The fourth-order valence-corrected chi connectivity index (χ4v) is 3.60. The predicted octanol–water partition coefficient (Wildman–Crippen LogP) is 0.796. The molecular formula is C7H22N3P. The van der Waals surface area contributed by atoms with E-state index in [-0.39, 0.29) is 0 Å². The molecule has 0 aromatic heterocycles. The van der Waals surface area contributed by atoms with Gasteiger partial charge >= 0.3 is 70.7 Å². The molecule has 4 heteroatoms. The first-order chi connectivity index (χ1) is 4.83. The van der Waals surface area contributed by atoms with Gasteiger partial charge in [-0.2, -0.15) is 0 Å². The summed E-state index contributed by atoms with van der Waals surface area (Å²) in [5.41, 5.74) is 0. The van der Waals surface area contributed by atoms with Crippen molar-refractivity contribution in [2.75, 3.05) is 49.0 Å². The molecule has 0 saturated heterocycles. The minimum absolute atomic E-state index is 1.48. The monoisotopic (exact) mass is 179 g/mol.